The van der Waals surface area contributed by atoms with Crippen LogP contribution in [0.1, 0.15) is 29.2 Å². The van der Waals surface area contributed by atoms with Crippen molar-refractivity contribution in [3.05, 3.63) is 94.9 Å². The Kier molecular flexibility index (Phi) is 7.72. The number of amides is 2. The van der Waals surface area contributed by atoms with Gasteiger partial charge in [0.15, 0.2) is 6.23 Å². The van der Waals surface area contributed by atoms with Gasteiger partial charge in [0.2, 0.25) is 0 Å². The van der Waals surface area contributed by atoms with Crippen LogP contribution in [0.3, 0.4) is 0 Å². The molecule has 38 heavy (non-hydrogen) atoms. The smallest absolute Gasteiger partial charge is 0.416 e. The molecule has 1 aliphatic rings. The zero-order valence-electron chi connectivity index (χ0n) is 20.4. The number of ether oxygens (including phenoxy) is 1. The monoisotopic (exact) mass is 531 g/mol. The third-order valence-corrected chi connectivity index (χ3v) is 5.65. The molecule has 0 saturated carbocycles. The van der Waals surface area contributed by atoms with Gasteiger partial charge in [-0.2, -0.15) is 18.3 Å². The van der Waals surface area contributed by atoms with E-state index in [4.69, 9.17) is 4.74 Å². The van der Waals surface area contributed by atoms with Crippen molar-refractivity contribution < 1.29 is 32.2 Å². The van der Waals surface area contributed by atoms with Crippen LogP contribution in [0.5, 0.6) is 0 Å². The van der Waals surface area contributed by atoms with Crippen molar-refractivity contribution in [2.75, 3.05) is 17.2 Å². The molecule has 0 bridgehead atoms. The minimum absolute atomic E-state index is 0.0128. The van der Waals surface area contributed by atoms with E-state index in [1.54, 1.807) is 32.3 Å². The molecular formula is C26H25F4N5O3. The molecule has 2 heterocycles. The number of aliphatic hydroxyl groups is 1. The zero-order chi connectivity index (χ0) is 27.4. The minimum atomic E-state index is -4.65. The fraction of sp³-hybridized carbons (Fsp3) is 0.231. The van der Waals surface area contributed by atoms with Gasteiger partial charge in [0.25, 0.3) is 0 Å². The van der Waals surface area contributed by atoms with Gasteiger partial charge in [0.1, 0.15) is 11.6 Å². The molecule has 200 valence electrons. The van der Waals surface area contributed by atoms with Crippen molar-refractivity contribution in [3.63, 3.8) is 0 Å². The predicted molar refractivity (Wildman–Crippen MR) is 133 cm³/mol. The number of aryl methyl sites for hydroxylation is 1. The first-order chi connectivity index (χ1) is 18.0. The molecule has 0 aliphatic carbocycles. The number of carbonyl (C=O) groups is 1. The second-order valence-electron chi connectivity index (χ2n) is 8.49. The first-order valence-corrected chi connectivity index (χ1v) is 11.6. The fourth-order valence-electron chi connectivity index (χ4n) is 3.91. The summed E-state index contributed by atoms with van der Waals surface area (Å²) in [5.74, 6) is -0.490. The van der Waals surface area contributed by atoms with Crippen molar-refractivity contribution in [1.82, 2.24) is 15.1 Å². The van der Waals surface area contributed by atoms with E-state index < -0.39 is 29.8 Å². The summed E-state index contributed by atoms with van der Waals surface area (Å²) >= 11 is 0. The molecule has 0 radical (unpaired) electrons. The predicted octanol–water partition coefficient (Wildman–Crippen LogP) is 5.00. The van der Waals surface area contributed by atoms with Crippen LogP contribution < -0.4 is 16.0 Å². The average molecular weight is 532 g/mol. The maximum absolute atomic E-state index is 14.8. The van der Waals surface area contributed by atoms with E-state index in [2.05, 4.69) is 21.0 Å². The molecule has 1 aliphatic heterocycles. The van der Waals surface area contributed by atoms with Gasteiger partial charge in [-0.1, -0.05) is 12.1 Å². The van der Waals surface area contributed by atoms with E-state index in [1.165, 1.54) is 41.3 Å². The quantitative estimate of drug-likeness (QED) is 0.322. The normalized spacial score (nSPS) is 15.3. The number of aromatic nitrogens is 2. The number of benzene rings is 2. The van der Waals surface area contributed by atoms with Crippen LogP contribution in [-0.4, -0.2) is 33.8 Å². The van der Waals surface area contributed by atoms with Crippen LogP contribution in [-0.2, 0) is 24.4 Å². The second kappa shape index (κ2) is 11.0. The van der Waals surface area contributed by atoms with Crippen molar-refractivity contribution in [2.45, 2.75) is 25.7 Å². The number of rotatable bonds is 7. The molecule has 0 fully saturated rings. The highest BCUT2D eigenvalue weighted by atomic mass is 19.4. The van der Waals surface area contributed by atoms with Gasteiger partial charge in [-0.25, -0.2) is 9.18 Å². The first-order valence-electron chi connectivity index (χ1n) is 11.6. The van der Waals surface area contributed by atoms with Crippen molar-refractivity contribution in [2.24, 2.45) is 7.05 Å². The molecule has 0 spiro atoms. The number of aliphatic hydroxyl groups excluding tert-OH is 1. The number of anilines is 2. The highest BCUT2D eigenvalue weighted by Gasteiger charge is 2.33. The fourth-order valence-corrected chi connectivity index (χ4v) is 3.91. The van der Waals surface area contributed by atoms with Crippen LogP contribution >= 0.6 is 0 Å². The molecule has 4 N–H and O–H groups in total. The average Bonchev–Trinajstić information content (AvgIpc) is 3.26. The number of carbonyl (C=O) groups excluding carboxylic acids is 1. The largest absolute Gasteiger partial charge is 0.493 e. The Morgan fingerprint density at radius 1 is 1.21 bits per heavy atom. The van der Waals surface area contributed by atoms with Crippen LogP contribution in [0.15, 0.2) is 66.8 Å². The molecule has 1 unspecified atom stereocenters. The van der Waals surface area contributed by atoms with Crippen molar-refractivity contribution >= 4 is 23.0 Å². The number of halogens is 4. The van der Waals surface area contributed by atoms with E-state index >= 15 is 0 Å². The SMILES string of the molecule is CCOC1=CC(c2ccc(NC(=O)Nc3ccc(Cc4cnn(C)c4)c(C(F)(F)F)c3)c(F)c2)=CNC1O. The van der Waals surface area contributed by atoms with Gasteiger partial charge in [-0.05, 0) is 54.0 Å². The Hall–Kier alpha value is -4.32. The van der Waals surface area contributed by atoms with Crippen molar-refractivity contribution in [1.29, 1.82) is 0 Å². The van der Waals surface area contributed by atoms with Gasteiger partial charge in [0, 0.05) is 37.1 Å². The summed E-state index contributed by atoms with van der Waals surface area (Å²) in [4.78, 5) is 12.5. The first kappa shape index (κ1) is 26.7. The Morgan fingerprint density at radius 2 is 2.00 bits per heavy atom. The second-order valence-corrected chi connectivity index (χ2v) is 8.49. The third-order valence-electron chi connectivity index (χ3n) is 5.65. The lowest BCUT2D eigenvalue weighted by Crippen LogP contribution is -2.30. The lowest BCUT2D eigenvalue weighted by Gasteiger charge is -2.21. The summed E-state index contributed by atoms with van der Waals surface area (Å²) in [6.07, 6.45) is 0.516. The lowest BCUT2D eigenvalue weighted by molar-refractivity contribution is -0.138. The summed E-state index contributed by atoms with van der Waals surface area (Å²) in [7, 11) is 1.67. The Balaban J connectivity index is 1.47. The summed E-state index contributed by atoms with van der Waals surface area (Å²) in [6.45, 7) is 2.10. The van der Waals surface area contributed by atoms with E-state index in [1.807, 2.05) is 0 Å². The third kappa shape index (κ3) is 6.32. The number of urea groups is 1. The summed E-state index contributed by atoms with van der Waals surface area (Å²) in [5.41, 5.74) is 0.452. The highest BCUT2D eigenvalue weighted by Crippen LogP contribution is 2.35. The number of nitrogens with zero attached hydrogens (tertiary/aromatic N) is 2. The van der Waals surface area contributed by atoms with Crippen molar-refractivity contribution in [3.8, 4) is 0 Å². The highest BCUT2D eigenvalue weighted by molar-refractivity contribution is 6.00. The summed E-state index contributed by atoms with van der Waals surface area (Å²) < 4.78 is 62.8. The van der Waals surface area contributed by atoms with Crippen LogP contribution in [0, 0.1) is 5.82 Å². The van der Waals surface area contributed by atoms with Gasteiger partial charge in [0.05, 0.1) is 24.1 Å². The van der Waals surface area contributed by atoms with Gasteiger partial charge >= 0.3 is 12.2 Å². The molecule has 2 amide bonds. The maximum Gasteiger partial charge on any atom is 0.416 e. The molecule has 3 aromatic rings. The number of alkyl halides is 3. The van der Waals surface area contributed by atoms with E-state index in [9.17, 15) is 27.5 Å². The van der Waals surface area contributed by atoms with E-state index in [0.717, 1.165) is 6.07 Å². The van der Waals surface area contributed by atoms with Crippen LogP contribution in [0.25, 0.3) is 5.57 Å². The molecule has 1 aromatic heterocycles. The van der Waals surface area contributed by atoms with E-state index in [0.29, 0.717) is 23.3 Å². The van der Waals surface area contributed by atoms with Crippen LogP contribution in [0.2, 0.25) is 0 Å². The Labute approximate surface area is 215 Å². The minimum Gasteiger partial charge on any atom is -0.493 e. The molecule has 8 nitrogen and oxygen atoms in total. The molecule has 4 rings (SSSR count). The van der Waals surface area contributed by atoms with Gasteiger partial charge in [-0.15, -0.1) is 0 Å². The summed E-state index contributed by atoms with van der Waals surface area (Å²) in [5, 5.41) is 21.2. The Bertz CT molecular complexity index is 1400. The van der Waals surface area contributed by atoms with Crippen LogP contribution in [0.4, 0.5) is 33.7 Å². The molecule has 1 atom stereocenters. The number of hydrogen-bond donors (Lipinski definition) is 4. The number of allylic oxidation sites excluding steroid dienone is 2. The topological polar surface area (TPSA) is 100 Å². The van der Waals surface area contributed by atoms with Gasteiger partial charge < -0.3 is 25.8 Å². The standard InChI is InChI=1S/C26H25F4N5O3/c1-3-38-23-10-18(13-31-24(23)36)16-5-7-22(21(27)9-16)34-25(37)33-19-6-4-17(20(11-19)26(28,29)30)8-15-12-32-35(2)14-15/h4-7,9-14,24,31,36H,3,8H2,1-2H3,(H2,33,34,37). The summed E-state index contributed by atoms with van der Waals surface area (Å²) in [6, 6.07) is 6.60. The van der Waals surface area contributed by atoms with E-state index in [-0.39, 0.29) is 29.1 Å². The van der Waals surface area contributed by atoms with Gasteiger partial charge in [-0.3, -0.25) is 4.68 Å². The number of hydrogen-bond acceptors (Lipinski definition) is 5. The molecular weight excluding hydrogens is 506 g/mol. The lowest BCUT2D eigenvalue weighted by atomic mass is 10.0. The molecule has 0 saturated heterocycles. The number of nitrogens with one attached hydrogen (secondary N) is 3. The zero-order valence-corrected chi connectivity index (χ0v) is 20.4. The molecule has 12 heteroatoms. The number of dihydropyridines is 1. The maximum atomic E-state index is 14.8. The Morgan fingerprint density at radius 3 is 2.66 bits per heavy atom. The molecule has 2 aromatic carbocycles.